The molecular weight excluding hydrogens is 478 g/mol. The number of aliphatic imine (C=N–C) groups is 1. The number of thiazole rings is 1. The summed E-state index contributed by atoms with van der Waals surface area (Å²) in [6.45, 7) is 6.49. The molecule has 1 fully saturated rings. The summed E-state index contributed by atoms with van der Waals surface area (Å²) in [6.07, 6.45) is -0.653. The zero-order valence-electron chi connectivity index (χ0n) is 15.3. The van der Waals surface area contributed by atoms with Gasteiger partial charge in [0.1, 0.15) is 5.01 Å². The molecule has 2 unspecified atom stereocenters. The Kier molecular flexibility index (Phi) is 9.59. The maximum absolute atomic E-state index is 12.6. The first kappa shape index (κ1) is 23.4. The average molecular weight is 505 g/mol. The second-order valence-corrected chi connectivity index (χ2v) is 7.31. The van der Waals surface area contributed by atoms with Crippen molar-refractivity contribution < 1.29 is 13.2 Å². The van der Waals surface area contributed by atoms with Gasteiger partial charge in [0.2, 0.25) is 0 Å². The molecule has 1 aromatic heterocycles. The molecule has 150 valence electrons. The molecule has 2 rings (SSSR count). The van der Waals surface area contributed by atoms with Crippen molar-refractivity contribution in [3.8, 4) is 0 Å². The number of alkyl halides is 3. The maximum atomic E-state index is 12.6. The average Bonchev–Trinajstić information content (AvgIpc) is 3.04. The largest absolute Gasteiger partial charge is 0.434 e. The molecule has 10 heteroatoms. The predicted octanol–water partition coefficient (Wildman–Crippen LogP) is 3.71. The van der Waals surface area contributed by atoms with E-state index in [9.17, 15) is 13.2 Å². The maximum Gasteiger partial charge on any atom is 0.434 e. The lowest BCUT2D eigenvalue weighted by atomic mass is 10.0. The SMILES string of the molecule is CN=C(NCc1nc(C(F)(F)F)cs1)NCC(C)N1CCCCC1C.I. The van der Waals surface area contributed by atoms with E-state index < -0.39 is 11.9 Å². The Hall–Kier alpha value is -0.620. The topological polar surface area (TPSA) is 52.6 Å². The third-order valence-electron chi connectivity index (χ3n) is 4.46. The van der Waals surface area contributed by atoms with E-state index in [4.69, 9.17) is 0 Å². The summed E-state index contributed by atoms with van der Waals surface area (Å²) in [5.41, 5.74) is -0.843. The molecule has 26 heavy (non-hydrogen) atoms. The molecular formula is C16H27F3IN5S. The number of nitrogens with zero attached hydrogens (tertiary/aromatic N) is 3. The number of guanidine groups is 1. The lowest BCUT2D eigenvalue weighted by Gasteiger charge is -2.38. The number of piperidine rings is 1. The van der Waals surface area contributed by atoms with E-state index in [-0.39, 0.29) is 30.5 Å². The van der Waals surface area contributed by atoms with Crippen molar-refractivity contribution in [3.63, 3.8) is 0 Å². The van der Waals surface area contributed by atoms with Crippen molar-refractivity contribution >= 4 is 41.3 Å². The number of rotatable bonds is 5. The Balaban J connectivity index is 0.00000338. The molecule has 1 aliphatic rings. The van der Waals surface area contributed by atoms with Crippen LogP contribution >= 0.6 is 35.3 Å². The molecule has 2 atom stereocenters. The second-order valence-electron chi connectivity index (χ2n) is 6.36. The van der Waals surface area contributed by atoms with Crippen LogP contribution in [0.2, 0.25) is 0 Å². The minimum atomic E-state index is -4.39. The van der Waals surface area contributed by atoms with Gasteiger partial charge in [-0.05, 0) is 33.2 Å². The van der Waals surface area contributed by atoms with Gasteiger partial charge in [0.25, 0.3) is 0 Å². The summed E-state index contributed by atoms with van der Waals surface area (Å²) in [6, 6.07) is 0.946. The first-order valence-corrected chi connectivity index (χ1v) is 9.41. The Morgan fingerprint density at radius 3 is 2.73 bits per heavy atom. The smallest absolute Gasteiger partial charge is 0.355 e. The highest BCUT2D eigenvalue weighted by Crippen LogP contribution is 2.29. The number of aromatic nitrogens is 1. The molecule has 0 amide bonds. The van der Waals surface area contributed by atoms with Crippen molar-refractivity contribution in [2.45, 2.75) is 57.9 Å². The number of nitrogens with one attached hydrogen (secondary N) is 2. The van der Waals surface area contributed by atoms with Crippen molar-refractivity contribution in [3.05, 3.63) is 16.1 Å². The molecule has 0 bridgehead atoms. The molecule has 0 aromatic carbocycles. The molecule has 2 heterocycles. The summed E-state index contributed by atoms with van der Waals surface area (Å²) in [4.78, 5) is 10.2. The molecule has 2 N–H and O–H groups in total. The van der Waals surface area contributed by atoms with Crippen LogP contribution in [0.1, 0.15) is 43.8 Å². The Labute approximate surface area is 173 Å². The van der Waals surface area contributed by atoms with Crippen LogP contribution in [0.5, 0.6) is 0 Å². The van der Waals surface area contributed by atoms with Gasteiger partial charge in [-0.3, -0.25) is 9.89 Å². The van der Waals surface area contributed by atoms with Crippen molar-refractivity contribution in [2.24, 2.45) is 4.99 Å². The van der Waals surface area contributed by atoms with Crippen LogP contribution in [0.3, 0.4) is 0 Å². The minimum absolute atomic E-state index is 0. The monoisotopic (exact) mass is 505 g/mol. The fourth-order valence-electron chi connectivity index (χ4n) is 3.04. The third kappa shape index (κ3) is 6.84. The van der Waals surface area contributed by atoms with Crippen molar-refractivity contribution in [2.75, 3.05) is 20.1 Å². The normalized spacial score (nSPS) is 20.4. The summed E-state index contributed by atoms with van der Waals surface area (Å²) in [5.74, 6) is 0.570. The van der Waals surface area contributed by atoms with E-state index in [0.717, 1.165) is 29.8 Å². The molecule has 1 aromatic rings. The van der Waals surface area contributed by atoms with Crippen LogP contribution in [0.4, 0.5) is 13.2 Å². The van der Waals surface area contributed by atoms with Crippen LogP contribution in [-0.2, 0) is 12.7 Å². The summed E-state index contributed by atoms with van der Waals surface area (Å²) >= 11 is 0.992. The van der Waals surface area contributed by atoms with E-state index in [1.54, 1.807) is 7.05 Å². The van der Waals surface area contributed by atoms with Crippen LogP contribution < -0.4 is 10.6 Å². The van der Waals surface area contributed by atoms with Crippen LogP contribution in [0.15, 0.2) is 10.4 Å². The van der Waals surface area contributed by atoms with Crippen molar-refractivity contribution in [1.29, 1.82) is 0 Å². The Morgan fingerprint density at radius 2 is 2.15 bits per heavy atom. The molecule has 1 aliphatic heterocycles. The van der Waals surface area contributed by atoms with Gasteiger partial charge in [0.05, 0.1) is 6.54 Å². The Bertz CT molecular complexity index is 578. The summed E-state index contributed by atoms with van der Waals surface area (Å²) < 4.78 is 37.7. The molecule has 0 aliphatic carbocycles. The second kappa shape index (κ2) is 10.6. The standard InChI is InChI=1S/C16H26F3N5S.HI/c1-11-6-4-5-7-24(11)12(2)8-21-15(20-3)22-9-14-23-13(10-25-14)16(17,18)19;/h10-12H,4-9H2,1-3H3,(H2,20,21,22);1H. The van der Waals surface area contributed by atoms with Gasteiger partial charge in [-0.15, -0.1) is 35.3 Å². The van der Waals surface area contributed by atoms with E-state index >= 15 is 0 Å². The molecule has 0 radical (unpaired) electrons. The highest BCUT2D eigenvalue weighted by atomic mass is 127. The highest BCUT2D eigenvalue weighted by Gasteiger charge is 2.33. The minimum Gasteiger partial charge on any atom is -0.355 e. The van der Waals surface area contributed by atoms with Gasteiger partial charge in [-0.2, -0.15) is 13.2 Å². The van der Waals surface area contributed by atoms with Crippen LogP contribution in [0.25, 0.3) is 0 Å². The van der Waals surface area contributed by atoms with Gasteiger partial charge in [0.15, 0.2) is 11.7 Å². The summed E-state index contributed by atoms with van der Waals surface area (Å²) in [7, 11) is 1.65. The number of halogens is 4. The molecule has 1 saturated heterocycles. The third-order valence-corrected chi connectivity index (χ3v) is 5.31. The quantitative estimate of drug-likeness (QED) is 0.364. The first-order chi connectivity index (χ1) is 11.8. The highest BCUT2D eigenvalue weighted by molar-refractivity contribution is 14.0. The fraction of sp³-hybridized carbons (Fsp3) is 0.750. The lowest BCUT2D eigenvalue weighted by Crippen LogP contribution is -2.50. The number of likely N-dealkylation sites (tertiary alicyclic amines) is 1. The van der Waals surface area contributed by atoms with Gasteiger partial charge in [0, 0.05) is 31.1 Å². The first-order valence-electron chi connectivity index (χ1n) is 8.53. The van der Waals surface area contributed by atoms with Gasteiger partial charge >= 0.3 is 6.18 Å². The fourth-order valence-corrected chi connectivity index (χ4v) is 3.78. The number of hydrogen-bond donors (Lipinski definition) is 2. The molecule has 5 nitrogen and oxygen atoms in total. The van der Waals surface area contributed by atoms with E-state index in [1.807, 2.05) is 0 Å². The number of hydrogen-bond acceptors (Lipinski definition) is 4. The van der Waals surface area contributed by atoms with Crippen LogP contribution in [0, 0.1) is 0 Å². The Morgan fingerprint density at radius 1 is 1.42 bits per heavy atom. The van der Waals surface area contributed by atoms with Gasteiger partial charge < -0.3 is 10.6 Å². The van der Waals surface area contributed by atoms with Gasteiger partial charge in [-0.25, -0.2) is 4.98 Å². The summed E-state index contributed by atoms with van der Waals surface area (Å²) in [5, 5.41) is 7.68. The van der Waals surface area contributed by atoms with Gasteiger partial charge in [-0.1, -0.05) is 6.42 Å². The molecule has 0 saturated carbocycles. The van der Waals surface area contributed by atoms with E-state index in [0.29, 0.717) is 23.1 Å². The lowest BCUT2D eigenvalue weighted by molar-refractivity contribution is -0.140. The molecule has 0 spiro atoms. The van der Waals surface area contributed by atoms with E-state index in [1.165, 1.54) is 19.3 Å². The zero-order chi connectivity index (χ0) is 18.4. The zero-order valence-corrected chi connectivity index (χ0v) is 18.4. The van der Waals surface area contributed by atoms with E-state index in [2.05, 4.69) is 39.4 Å². The van der Waals surface area contributed by atoms with Crippen molar-refractivity contribution in [1.82, 2.24) is 20.5 Å². The van der Waals surface area contributed by atoms with Crippen LogP contribution in [-0.4, -0.2) is 48.1 Å². The predicted molar refractivity (Wildman–Crippen MR) is 110 cm³/mol.